The third-order valence-corrected chi connectivity index (χ3v) is 4.66. The summed E-state index contributed by atoms with van der Waals surface area (Å²) in [5.74, 6) is -1.89. The molecule has 1 atom stereocenters. The molecule has 0 aliphatic carbocycles. The highest BCUT2D eigenvalue weighted by molar-refractivity contribution is 5.95. The molecule has 1 aromatic carbocycles. The fourth-order valence-corrected chi connectivity index (χ4v) is 2.73. The van der Waals surface area contributed by atoms with Crippen molar-refractivity contribution in [1.29, 1.82) is 0 Å². The molecule has 130 valence electrons. The quantitative estimate of drug-likeness (QED) is 0.870. The van der Waals surface area contributed by atoms with Crippen molar-refractivity contribution in [3.05, 3.63) is 57.9 Å². The van der Waals surface area contributed by atoms with E-state index in [0.29, 0.717) is 17.8 Å². The minimum Gasteiger partial charge on any atom is -0.348 e. The third kappa shape index (κ3) is 3.50. The second-order valence-corrected chi connectivity index (χ2v) is 6.30. The van der Waals surface area contributed by atoms with Crippen LogP contribution in [0.3, 0.4) is 0 Å². The molecule has 24 heavy (non-hydrogen) atoms. The van der Waals surface area contributed by atoms with Gasteiger partial charge in [-0.15, -0.1) is 0 Å². The number of carbonyl (C=O) groups excluding carboxylic acids is 1. The van der Waals surface area contributed by atoms with Gasteiger partial charge in [0.2, 0.25) is 0 Å². The van der Waals surface area contributed by atoms with Crippen LogP contribution in [0.25, 0.3) is 0 Å². The lowest BCUT2D eigenvalue weighted by molar-refractivity contribution is 0.0929. The summed E-state index contributed by atoms with van der Waals surface area (Å²) >= 11 is 0. The Morgan fingerprint density at radius 1 is 1.17 bits per heavy atom. The summed E-state index contributed by atoms with van der Waals surface area (Å²) < 4.78 is 28.5. The van der Waals surface area contributed by atoms with E-state index in [2.05, 4.69) is 5.32 Å². The molecular weight excluding hydrogens is 310 g/mol. The molecule has 0 bridgehead atoms. The average molecular weight is 334 g/mol. The lowest BCUT2D eigenvalue weighted by Gasteiger charge is -2.16. The van der Waals surface area contributed by atoms with Gasteiger partial charge in [-0.05, 0) is 62.9 Å². The first kappa shape index (κ1) is 18.2. The van der Waals surface area contributed by atoms with Gasteiger partial charge in [0, 0.05) is 18.3 Å². The van der Waals surface area contributed by atoms with Crippen molar-refractivity contribution >= 4 is 5.91 Å². The topological polar surface area (TPSA) is 34.0 Å². The number of amides is 1. The predicted molar refractivity (Wildman–Crippen MR) is 91.3 cm³/mol. The van der Waals surface area contributed by atoms with E-state index in [0.717, 1.165) is 29.3 Å². The number of hydrogen-bond acceptors (Lipinski definition) is 1. The molecule has 3 nitrogen and oxygen atoms in total. The monoisotopic (exact) mass is 334 g/mol. The van der Waals surface area contributed by atoms with E-state index in [4.69, 9.17) is 0 Å². The minimum atomic E-state index is -0.878. The van der Waals surface area contributed by atoms with Gasteiger partial charge in [-0.25, -0.2) is 8.78 Å². The summed E-state index contributed by atoms with van der Waals surface area (Å²) in [6.07, 6.45) is 0.840. The average Bonchev–Trinajstić information content (AvgIpc) is 2.75. The number of aromatic nitrogens is 1. The fraction of sp³-hybridized carbons (Fsp3) is 0.421. The highest BCUT2D eigenvalue weighted by Gasteiger charge is 2.21. The first-order valence-corrected chi connectivity index (χ1v) is 8.17. The van der Waals surface area contributed by atoms with Gasteiger partial charge in [-0.2, -0.15) is 0 Å². The molecule has 0 aliphatic rings. The Labute approximate surface area is 141 Å². The van der Waals surface area contributed by atoms with Crippen molar-refractivity contribution in [1.82, 2.24) is 9.88 Å². The number of nitrogens with one attached hydrogen (secondary N) is 1. The molecule has 2 rings (SSSR count). The van der Waals surface area contributed by atoms with Crippen LogP contribution in [0.4, 0.5) is 8.78 Å². The predicted octanol–water partition coefficient (Wildman–Crippen LogP) is 4.27. The first-order valence-electron chi connectivity index (χ1n) is 8.17. The van der Waals surface area contributed by atoms with Crippen LogP contribution in [0.5, 0.6) is 0 Å². The number of hydrogen-bond donors (Lipinski definition) is 1. The smallest absolute Gasteiger partial charge is 0.268 e. The second kappa shape index (κ2) is 7.16. The van der Waals surface area contributed by atoms with Crippen LogP contribution in [0.1, 0.15) is 53.1 Å². The van der Waals surface area contributed by atoms with Crippen molar-refractivity contribution in [3.63, 3.8) is 0 Å². The van der Waals surface area contributed by atoms with E-state index < -0.39 is 11.6 Å². The van der Waals surface area contributed by atoms with E-state index in [1.54, 1.807) is 6.07 Å². The molecule has 0 aliphatic heterocycles. The van der Waals surface area contributed by atoms with Crippen molar-refractivity contribution in [2.24, 2.45) is 0 Å². The van der Waals surface area contributed by atoms with Crippen LogP contribution < -0.4 is 5.32 Å². The first-order chi connectivity index (χ1) is 11.3. The van der Waals surface area contributed by atoms with Crippen molar-refractivity contribution in [2.45, 2.75) is 53.6 Å². The third-order valence-electron chi connectivity index (χ3n) is 4.66. The molecular formula is C19H24F2N2O. The van der Waals surface area contributed by atoms with Gasteiger partial charge in [0.15, 0.2) is 11.6 Å². The van der Waals surface area contributed by atoms with Crippen LogP contribution in [0, 0.1) is 32.4 Å². The number of rotatable bonds is 5. The standard InChI is InChI=1S/C19H24F2N2O/c1-6-11(2)22-19(24)18-13(4)12(3)14(5)23(18)10-15-7-8-16(20)17(21)9-15/h7-9,11H,6,10H2,1-5H3,(H,22,24)/t11-/m1/s1. The van der Waals surface area contributed by atoms with Crippen LogP contribution in [0.15, 0.2) is 18.2 Å². The Balaban J connectivity index is 2.43. The van der Waals surface area contributed by atoms with Crippen LogP contribution >= 0.6 is 0 Å². The Morgan fingerprint density at radius 3 is 2.42 bits per heavy atom. The lowest BCUT2D eigenvalue weighted by atomic mass is 10.1. The summed E-state index contributed by atoms with van der Waals surface area (Å²) in [7, 11) is 0. The molecule has 5 heteroatoms. The molecule has 1 heterocycles. The normalized spacial score (nSPS) is 12.3. The summed E-state index contributed by atoms with van der Waals surface area (Å²) in [4.78, 5) is 12.7. The van der Waals surface area contributed by atoms with Crippen molar-refractivity contribution < 1.29 is 13.6 Å². The molecule has 1 N–H and O–H groups in total. The second-order valence-electron chi connectivity index (χ2n) is 6.30. The van der Waals surface area contributed by atoms with E-state index in [9.17, 15) is 13.6 Å². The summed E-state index contributed by atoms with van der Waals surface area (Å²) in [5, 5.41) is 2.98. The number of nitrogens with zero attached hydrogens (tertiary/aromatic N) is 1. The highest BCUT2D eigenvalue weighted by Crippen LogP contribution is 2.23. The zero-order valence-electron chi connectivity index (χ0n) is 14.8. The Hall–Kier alpha value is -2.17. The van der Waals surface area contributed by atoms with Crippen molar-refractivity contribution in [2.75, 3.05) is 0 Å². The van der Waals surface area contributed by atoms with Crippen LogP contribution in [-0.2, 0) is 6.54 Å². The molecule has 1 aromatic heterocycles. The molecule has 0 spiro atoms. The maximum absolute atomic E-state index is 13.5. The maximum atomic E-state index is 13.5. The molecule has 0 saturated carbocycles. The van der Waals surface area contributed by atoms with E-state index in [-0.39, 0.29) is 11.9 Å². The van der Waals surface area contributed by atoms with E-state index >= 15 is 0 Å². The summed E-state index contributed by atoms with van der Waals surface area (Å²) in [5.41, 5.74) is 4.09. The molecule has 1 amide bonds. The summed E-state index contributed by atoms with van der Waals surface area (Å²) in [6, 6.07) is 3.90. The van der Waals surface area contributed by atoms with Gasteiger partial charge in [-0.1, -0.05) is 13.0 Å². The van der Waals surface area contributed by atoms with Crippen LogP contribution in [-0.4, -0.2) is 16.5 Å². The molecule has 0 saturated heterocycles. The van der Waals surface area contributed by atoms with Gasteiger partial charge in [0.25, 0.3) is 5.91 Å². The molecule has 0 radical (unpaired) electrons. The van der Waals surface area contributed by atoms with Gasteiger partial charge in [0.1, 0.15) is 5.69 Å². The SMILES string of the molecule is CC[C@@H](C)NC(=O)c1c(C)c(C)c(C)n1Cc1ccc(F)c(F)c1. The van der Waals surface area contributed by atoms with Gasteiger partial charge in [0.05, 0.1) is 0 Å². The van der Waals surface area contributed by atoms with Crippen LogP contribution in [0.2, 0.25) is 0 Å². The Kier molecular flexibility index (Phi) is 5.42. The summed E-state index contributed by atoms with van der Waals surface area (Å²) in [6.45, 7) is 10.1. The van der Waals surface area contributed by atoms with E-state index in [1.165, 1.54) is 6.07 Å². The fourth-order valence-electron chi connectivity index (χ4n) is 2.73. The van der Waals surface area contributed by atoms with E-state index in [1.807, 2.05) is 39.2 Å². The van der Waals surface area contributed by atoms with Gasteiger partial charge >= 0.3 is 0 Å². The number of halogens is 2. The number of carbonyl (C=O) groups is 1. The Morgan fingerprint density at radius 2 is 1.83 bits per heavy atom. The minimum absolute atomic E-state index is 0.0733. The molecule has 0 unspecified atom stereocenters. The lowest BCUT2D eigenvalue weighted by Crippen LogP contribution is -2.34. The molecule has 0 fully saturated rings. The Bertz CT molecular complexity index is 765. The number of benzene rings is 1. The van der Waals surface area contributed by atoms with Gasteiger partial charge < -0.3 is 9.88 Å². The maximum Gasteiger partial charge on any atom is 0.268 e. The van der Waals surface area contributed by atoms with Gasteiger partial charge in [-0.3, -0.25) is 4.79 Å². The largest absolute Gasteiger partial charge is 0.348 e. The molecule has 2 aromatic rings. The highest BCUT2D eigenvalue weighted by atomic mass is 19.2. The zero-order valence-corrected chi connectivity index (χ0v) is 14.8. The van der Waals surface area contributed by atoms with Crippen molar-refractivity contribution in [3.8, 4) is 0 Å². The zero-order chi connectivity index (χ0) is 18.0.